The Bertz CT molecular complexity index is 1110. The Morgan fingerprint density at radius 3 is 2.83 bits per heavy atom. The van der Waals surface area contributed by atoms with Crippen LogP contribution in [0.3, 0.4) is 0 Å². The summed E-state index contributed by atoms with van der Waals surface area (Å²) in [7, 11) is 3.73. The third-order valence-corrected chi connectivity index (χ3v) is 5.49. The molecule has 0 radical (unpaired) electrons. The van der Waals surface area contributed by atoms with Crippen molar-refractivity contribution in [3.63, 3.8) is 0 Å². The molecular weight excluding hydrogens is 380 g/mol. The average Bonchev–Trinajstić information content (AvgIpc) is 3.11. The molecule has 0 saturated carbocycles. The fourth-order valence-corrected chi connectivity index (χ4v) is 3.65. The zero-order valence-corrected chi connectivity index (χ0v) is 17.3. The molecular formula is C22H26N6O2. The van der Waals surface area contributed by atoms with Gasteiger partial charge in [-0.2, -0.15) is 0 Å². The van der Waals surface area contributed by atoms with Crippen LogP contribution in [-0.2, 0) is 11.3 Å². The second kappa shape index (κ2) is 8.40. The van der Waals surface area contributed by atoms with Gasteiger partial charge in [0.25, 0.3) is 0 Å². The second-order valence-electron chi connectivity index (χ2n) is 7.70. The van der Waals surface area contributed by atoms with Crippen molar-refractivity contribution < 1.29 is 9.84 Å². The Labute approximate surface area is 175 Å². The third-order valence-electron chi connectivity index (χ3n) is 5.49. The number of hydrogen-bond acceptors (Lipinski definition) is 7. The number of aliphatic hydroxyl groups is 1. The van der Waals surface area contributed by atoms with E-state index in [4.69, 9.17) is 10.5 Å². The number of nitrogen functional groups attached to an aromatic ring is 1. The Balaban J connectivity index is 1.74. The van der Waals surface area contributed by atoms with Crippen LogP contribution in [0.2, 0.25) is 0 Å². The van der Waals surface area contributed by atoms with Crippen LogP contribution in [0.4, 0.5) is 5.95 Å². The first-order valence-corrected chi connectivity index (χ1v) is 9.98. The standard InChI is InChI=1S/C22H26N6O2/c1-27-9-6-22(29,7-10-27)5-3-16-13-17-18(19-4-8-24-21(23)26-19)15-28(11-12-30-2)20(17)14-25-16/h4,8,13-15,29H,6-7,9-12H2,1-2H3,(H2,23,24,26). The van der Waals surface area contributed by atoms with Gasteiger partial charge in [0, 0.05) is 62.9 Å². The van der Waals surface area contributed by atoms with Crippen molar-refractivity contribution in [3.05, 3.63) is 36.4 Å². The minimum Gasteiger partial charge on any atom is -0.383 e. The van der Waals surface area contributed by atoms with E-state index >= 15 is 0 Å². The summed E-state index contributed by atoms with van der Waals surface area (Å²) in [6.07, 6.45) is 6.75. The molecule has 0 amide bonds. The molecule has 1 fully saturated rings. The van der Waals surface area contributed by atoms with Crippen molar-refractivity contribution in [2.24, 2.45) is 0 Å². The Morgan fingerprint density at radius 1 is 1.30 bits per heavy atom. The number of methoxy groups -OCH3 is 1. The predicted molar refractivity (Wildman–Crippen MR) is 116 cm³/mol. The highest BCUT2D eigenvalue weighted by Crippen LogP contribution is 2.30. The molecule has 156 valence electrons. The van der Waals surface area contributed by atoms with Crippen LogP contribution in [0.15, 0.2) is 30.7 Å². The summed E-state index contributed by atoms with van der Waals surface area (Å²) in [5.41, 5.74) is 8.08. The highest BCUT2D eigenvalue weighted by Gasteiger charge is 2.29. The van der Waals surface area contributed by atoms with Gasteiger partial charge in [0.05, 0.1) is 24.0 Å². The van der Waals surface area contributed by atoms with Gasteiger partial charge >= 0.3 is 0 Å². The average molecular weight is 406 g/mol. The smallest absolute Gasteiger partial charge is 0.220 e. The minimum atomic E-state index is -0.961. The number of nitrogens with two attached hydrogens (primary N) is 1. The molecule has 1 aliphatic rings. The van der Waals surface area contributed by atoms with Crippen LogP contribution in [0.25, 0.3) is 22.2 Å². The molecule has 0 aliphatic carbocycles. The van der Waals surface area contributed by atoms with Crippen molar-refractivity contribution in [2.45, 2.75) is 25.0 Å². The molecule has 3 aromatic heterocycles. The first kappa shape index (κ1) is 20.3. The van der Waals surface area contributed by atoms with Crippen molar-refractivity contribution in [2.75, 3.05) is 39.6 Å². The second-order valence-corrected chi connectivity index (χ2v) is 7.70. The molecule has 8 heteroatoms. The van der Waals surface area contributed by atoms with Gasteiger partial charge in [0.2, 0.25) is 5.95 Å². The van der Waals surface area contributed by atoms with Gasteiger partial charge in [-0.05, 0) is 25.1 Å². The van der Waals surface area contributed by atoms with Crippen LogP contribution in [0.1, 0.15) is 18.5 Å². The third kappa shape index (κ3) is 4.28. The number of fused-ring (bicyclic) bond motifs is 1. The van der Waals surface area contributed by atoms with Crippen LogP contribution in [-0.4, -0.2) is 69.0 Å². The SMILES string of the molecule is COCCn1cc(-c2ccnc(N)n2)c2cc(C#CC3(O)CCN(C)CC3)ncc21. The van der Waals surface area contributed by atoms with E-state index in [0.717, 1.165) is 35.2 Å². The molecule has 4 heterocycles. The quantitative estimate of drug-likeness (QED) is 0.634. The Kier molecular flexibility index (Phi) is 5.68. The number of piperidine rings is 1. The minimum absolute atomic E-state index is 0.226. The van der Waals surface area contributed by atoms with Gasteiger partial charge in [0.1, 0.15) is 11.3 Å². The summed E-state index contributed by atoms with van der Waals surface area (Å²) in [5.74, 6) is 6.36. The number of likely N-dealkylation sites (tertiary alicyclic amines) is 1. The van der Waals surface area contributed by atoms with Crippen molar-refractivity contribution in [3.8, 4) is 23.1 Å². The Hall–Kier alpha value is -2.99. The summed E-state index contributed by atoms with van der Waals surface area (Å²) < 4.78 is 7.32. The highest BCUT2D eigenvalue weighted by molar-refractivity contribution is 5.95. The van der Waals surface area contributed by atoms with Gasteiger partial charge < -0.3 is 25.0 Å². The van der Waals surface area contributed by atoms with Crippen molar-refractivity contribution in [1.82, 2.24) is 24.4 Å². The van der Waals surface area contributed by atoms with E-state index in [1.165, 1.54) is 0 Å². The number of ether oxygens (including phenoxy) is 1. The van der Waals surface area contributed by atoms with E-state index in [1.807, 2.05) is 24.5 Å². The highest BCUT2D eigenvalue weighted by atomic mass is 16.5. The first-order chi connectivity index (χ1) is 14.5. The zero-order chi connectivity index (χ0) is 21.1. The van der Waals surface area contributed by atoms with E-state index in [1.54, 1.807) is 13.3 Å². The van der Waals surface area contributed by atoms with E-state index in [-0.39, 0.29) is 5.95 Å². The summed E-state index contributed by atoms with van der Waals surface area (Å²) in [5, 5.41) is 11.7. The van der Waals surface area contributed by atoms with Crippen molar-refractivity contribution in [1.29, 1.82) is 0 Å². The lowest BCUT2D eigenvalue weighted by atomic mass is 9.92. The number of hydrogen-bond donors (Lipinski definition) is 2. The van der Waals surface area contributed by atoms with Crippen LogP contribution >= 0.6 is 0 Å². The summed E-state index contributed by atoms with van der Waals surface area (Å²) in [4.78, 5) is 15.1. The van der Waals surface area contributed by atoms with Gasteiger partial charge in [0.15, 0.2) is 0 Å². The summed E-state index contributed by atoms with van der Waals surface area (Å²) >= 11 is 0. The van der Waals surface area contributed by atoms with E-state index in [2.05, 4.69) is 43.3 Å². The van der Waals surface area contributed by atoms with Crippen LogP contribution in [0.5, 0.6) is 0 Å². The molecule has 0 unspecified atom stereocenters. The molecule has 3 aromatic rings. The number of pyridine rings is 1. The van der Waals surface area contributed by atoms with Gasteiger partial charge in [-0.15, -0.1) is 0 Å². The van der Waals surface area contributed by atoms with Gasteiger partial charge in [-0.3, -0.25) is 0 Å². The van der Waals surface area contributed by atoms with Crippen LogP contribution < -0.4 is 5.73 Å². The van der Waals surface area contributed by atoms with E-state index in [9.17, 15) is 5.11 Å². The fraction of sp³-hybridized carbons (Fsp3) is 0.409. The molecule has 4 rings (SSSR count). The maximum atomic E-state index is 10.8. The lowest BCUT2D eigenvalue weighted by Gasteiger charge is -2.32. The van der Waals surface area contributed by atoms with Gasteiger partial charge in [-0.1, -0.05) is 5.92 Å². The lowest BCUT2D eigenvalue weighted by molar-refractivity contribution is 0.0350. The Morgan fingerprint density at radius 2 is 2.10 bits per heavy atom. The largest absolute Gasteiger partial charge is 0.383 e. The maximum absolute atomic E-state index is 10.8. The monoisotopic (exact) mass is 406 g/mol. The summed E-state index contributed by atoms with van der Waals surface area (Å²) in [6, 6.07) is 3.77. The molecule has 30 heavy (non-hydrogen) atoms. The molecule has 1 aliphatic heterocycles. The zero-order valence-electron chi connectivity index (χ0n) is 17.3. The van der Waals surface area contributed by atoms with E-state index in [0.29, 0.717) is 31.7 Å². The number of aromatic nitrogens is 4. The molecule has 0 aromatic carbocycles. The lowest BCUT2D eigenvalue weighted by Crippen LogP contribution is -2.41. The van der Waals surface area contributed by atoms with Gasteiger partial charge in [-0.25, -0.2) is 15.0 Å². The molecule has 0 atom stereocenters. The topological polar surface area (TPSA) is 102 Å². The molecule has 0 bridgehead atoms. The van der Waals surface area contributed by atoms with Crippen LogP contribution in [0, 0.1) is 11.8 Å². The van der Waals surface area contributed by atoms with E-state index < -0.39 is 5.60 Å². The molecule has 0 spiro atoms. The maximum Gasteiger partial charge on any atom is 0.220 e. The molecule has 3 N–H and O–H groups in total. The first-order valence-electron chi connectivity index (χ1n) is 9.98. The number of nitrogens with zero attached hydrogens (tertiary/aromatic N) is 5. The molecule has 8 nitrogen and oxygen atoms in total. The van der Waals surface area contributed by atoms with Crippen molar-refractivity contribution >= 4 is 16.9 Å². The normalized spacial score (nSPS) is 16.4. The summed E-state index contributed by atoms with van der Waals surface area (Å²) in [6.45, 7) is 2.93. The number of anilines is 1. The number of rotatable bonds is 4. The predicted octanol–water partition coefficient (Wildman–Crippen LogP) is 1.53. The molecule has 1 saturated heterocycles. The fourth-order valence-electron chi connectivity index (χ4n) is 3.65.